The van der Waals surface area contributed by atoms with E-state index in [9.17, 15) is 4.79 Å². The quantitative estimate of drug-likeness (QED) is 0.858. The minimum absolute atomic E-state index is 0.0449. The standard InChI is InChI=1S/C17H22N2O3/c1-2-21-14-5-6-16-12(9-14)8-13(17(20)19-16)10-18-11-15-4-3-7-22-15/h5-6,8-9,15,18H,2-4,7,10-11H2,1H3,(H,19,20). The summed E-state index contributed by atoms with van der Waals surface area (Å²) >= 11 is 0. The molecule has 1 atom stereocenters. The van der Waals surface area contributed by atoms with Crippen LogP contribution in [-0.2, 0) is 11.3 Å². The van der Waals surface area contributed by atoms with E-state index in [1.165, 1.54) is 0 Å². The summed E-state index contributed by atoms with van der Waals surface area (Å²) in [6.45, 7) is 4.77. The molecular formula is C17H22N2O3. The summed E-state index contributed by atoms with van der Waals surface area (Å²) in [5.41, 5.74) is 1.52. The van der Waals surface area contributed by atoms with Gasteiger partial charge in [0.1, 0.15) is 5.75 Å². The number of H-pyrrole nitrogens is 1. The molecule has 1 unspecified atom stereocenters. The lowest BCUT2D eigenvalue weighted by atomic mass is 10.1. The van der Waals surface area contributed by atoms with Gasteiger partial charge in [0.15, 0.2) is 0 Å². The molecule has 1 aliphatic rings. The van der Waals surface area contributed by atoms with E-state index in [0.717, 1.165) is 48.2 Å². The summed E-state index contributed by atoms with van der Waals surface area (Å²) in [6.07, 6.45) is 2.51. The summed E-state index contributed by atoms with van der Waals surface area (Å²) in [7, 11) is 0. The Kier molecular flexibility index (Phi) is 4.75. The molecule has 118 valence electrons. The molecule has 1 saturated heterocycles. The normalized spacial score (nSPS) is 18.0. The van der Waals surface area contributed by atoms with Crippen LogP contribution in [0, 0.1) is 0 Å². The Morgan fingerprint density at radius 3 is 3.09 bits per heavy atom. The topological polar surface area (TPSA) is 63.4 Å². The highest BCUT2D eigenvalue weighted by molar-refractivity contribution is 5.80. The van der Waals surface area contributed by atoms with Gasteiger partial charge in [0.05, 0.1) is 12.7 Å². The molecular weight excluding hydrogens is 280 g/mol. The van der Waals surface area contributed by atoms with Crippen molar-refractivity contribution in [1.29, 1.82) is 0 Å². The molecule has 2 aromatic rings. The van der Waals surface area contributed by atoms with Crippen molar-refractivity contribution in [3.63, 3.8) is 0 Å². The van der Waals surface area contributed by atoms with Crippen LogP contribution in [0.3, 0.4) is 0 Å². The Labute approximate surface area is 129 Å². The Balaban J connectivity index is 1.73. The smallest absolute Gasteiger partial charge is 0.252 e. The number of rotatable bonds is 6. The van der Waals surface area contributed by atoms with Crippen LogP contribution in [0.2, 0.25) is 0 Å². The number of pyridine rings is 1. The summed E-state index contributed by atoms with van der Waals surface area (Å²) in [4.78, 5) is 15.0. The summed E-state index contributed by atoms with van der Waals surface area (Å²) in [5.74, 6) is 0.820. The lowest BCUT2D eigenvalue weighted by molar-refractivity contribution is 0.110. The molecule has 0 aliphatic carbocycles. The van der Waals surface area contributed by atoms with Gasteiger partial charge < -0.3 is 19.8 Å². The highest BCUT2D eigenvalue weighted by Crippen LogP contribution is 2.19. The van der Waals surface area contributed by atoms with E-state index in [2.05, 4.69) is 10.3 Å². The number of benzene rings is 1. The minimum Gasteiger partial charge on any atom is -0.494 e. The number of nitrogens with one attached hydrogen (secondary N) is 2. The molecule has 1 fully saturated rings. The largest absolute Gasteiger partial charge is 0.494 e. The number of aromatic amines is 1. The van der Waals surface area contributed by atoms with Crippen LogP contribution < -0.4 is 15.6 Å². The van der Waals surface area contributed by atoms with Crippen LogP contribution in [0.25, 0.3) is 10.9 Å². The Hall–Kier alpha value is -1.85. The second kappa shape index (κ2) is 6.94. The number of ether oxygens (including phenoxy) is 2. The molecule has 0 radical (unpaired) electrons. The van der Waals surface area contributed by atoms with Gasteiger partial charge in [-0.2, -0.15) is 0 Å². The van der Waals surface area contributed by atoms with Gasteiger partial charge in [-0.25, -0.2) is 0 Å². The minimum atomic E-state index is -0.0449. The first kappa shape index (κ1) is 15.1. The molecule has 2 N–H and O–H groups in total. The first-order valence-electron chi connectivity index (χ1n) is 7.87. The zero-order chi connectivity index (χ0) is 15.4. The molecule has 3 rings (SSSR count). The Morgan fingerprint density at radius 1 is 1.41 bits per heavy atom. The molecule has 1 aromatic heterocycles. The SMILES string of the molecule is CCOc1ccc2[nH]c(=O)c(CNCC3CCCO3)cc2c1. The van der Waals surface area contributed by atoms with Crippen LogP contribution in [0.5, 0.6) is 5.75 Å². The third-order valence-corrected chi connectivity index (χ3v) is 3.92. The second-order valence-electron chi connectivity index (χ2n) is 5.57. The molecule has 5 nitrogen and oxygen atoms in total. The fraction of sp³-hybridized carbons (Fsp3) is 0.471. The first-order valence-corrected chi connectivity index (χ1v) is 7.87. The van der Waals surface area contributed by atoms with E-state index in [1.807, 2.05) is 31.2 Å². The maximum Gasteiger partial charge on any atom is 0.252 e. The third-order valence-electron chi connectivity index (χ3n) is 3.92. The highest BCUT2D eigenvalue weighted by Gasteiger charge is 2.14. The molecule has 5 heteroatoms. The molecule has 0 amide bonds. The molecule has 1 aromatic carbocycles. The zero-order valence-electron chi connectivity index (χ0n) is 12.9. The fourth-order valence-corrected chi connectivity index (χ4v) is 2.79. The van der Waals surface area contributed by atoms with Crippen LogP contribution in [0.4, 0.5) is 0 Å². The Bertz CT molecular complexity index is 690. The van der Waals surface area contributed by atoms with Crippen molar-refractivity contribution in [1.82, 2.24) is 10.3 Å². The van der Waals surface area contributed by atoms with Gasteiger partial charge in [-0.3, -0.25) is 4.79 Å². The average molecular weight is 302 g/mol. The predicted octanol–water partition coefficient (Wildman–Crippen LogP) is 2.20. The number of aromatic nitrogens is 1. The van der Waals surface area contributed by atoms with Gasteiger partial charge in [0, 0.05) is 36.2 Å². The average Bonchev–Trinajstić information content (AvgIpc) is 3.02. The van der Waals surface area contributed by atoms with E-state index < -0.39 is 0 Å². The van der Waals surface area contributed by atoms with Crippen LogP contribution in [0.1, 0.15) is 25.3 Å². The summed E-state index contributed by atoms with van der Waals surface area (Å²) in [6, 6.07) is 7.64. The van der Waals surface area contributed by atoms with E-state index in [1.54, 1.807) is 0 Å². The van der Waals surface area contributed by atoms with Crippen molar-refractivity contribution in [2.45, 2.75) is 32.4 Å². The molecule has 22 heavy (non-hydrogen) atoms. The van der Waals surface area contributed by atoms with Gasteiger partial charge in [-0.1, -0.05) is 0 Å². The van der Waals surface area contributed by atoms with Crippen LogP contribution >= 0.6 is 0 Å². The van der Waals surface area contributed by atoms with Crippen molar-refractivity contribution in [3.05, 3.63) is 40.2 Å². The van der Waals surface area contributed by atoms with Gasteiger partial charge in [-0.15, -0.1) is 0 Å². The number of fused-ring (bicyclic) bond motifs is 1. The summed E-state index contributed by atoms with van der Waals surface area (Å²) < 4.78 is 11.1. The van der Waals surface area contributed by atoms with Gasteiger partial charge in [0.25, 0.3) is 5.56 Å². The summed E-state index contributed by atoms with van der Waals surface area (Å²) in [5, 5.41) is 4.30. The second-order valence-corrected chi connectivity index (χ2v) is 5.57. The predicted molar refractivity (Wildman–Crippen MR) is 86.4 cm³/mol. The third kappa shape index (κ3) is 3.48. The van der Waals surface area contributed by atoms with Crippen molar-refractivity contribution >= 4 is 10.9 Å². The van der Waals surface area contributed by atoms with Crippen molar-refractivity contribution in [3.8, 4) is 5.75 Å². The number of hydrogen-bond acceptors (Lipinski definition) is 4. The fourth-order valence-electron chi connectivity index (χ4n) is 2.79. The molecule has 0 bridgehead atoms. The van der Waals surface area contributed by atoms with Gasteiger partial charge in [-0.05, 0) is 44.0 Å². The maximum atomic E-state index is 12.1. The van der Waals surface area contributed by atoms with E-state index >= 15 is 0 Å². The van der Waals surface area contributed by atoms with Gasteiger partial charge >= 0.3 is 0 Å². The van der Waals surface area contributed by atoms with Crippen molar-refractivity contribution < 1.29 is 9.47 Å². The highest BCUT2D eigenvalue weighted by atomic mass is 16.5. The first-order chi connectivity index (χ1) is 10.8. The van der Waals surface area contributed by atoms with E-state index in [-0.39, 0.29) is 11.7 Å². The molecule has 1 aliphatic heterocycles. The van der Waals surface area contributed by atoms with E-state index in [4.69, 9.17) is 9.47 Å². The van der Waals surface area contributed by atoms with E-state index in [0.29, 0.717) is 13.2 Å². The molecule has 2 heterocycles. The number of hydrogen-bond donors (Lipinski definition) is 2. The Morgan fingerprint density at radius 2 is 2.32 bits per heavy atom. The monoisotopic (exact) mass is 302 g/mol. The van der Waals surface area contributed by atoms with Gasteiger partial charge in [0.2, 0.25) is 0 Å². The van der Waals surface area contributed by atoms with Crippen molar-refractivity contribution in [2.24, 2.45) is 0 Å². The van der Waals surface area contributed by atoms with Crippen molar-refractivity contribution in [2.75, 3.05) is 19.8 Å². The van der Waals surface area contributed by atoms with Crippen LogP contribution in [0.15, 0.2) is 29.1 Å². The van der Waals surface area contributed by atoms with Crippen LogP contribution in [-0.4, -0.2) is 30.8 Å². The molecule has 0 spiro atoms. The molecule has 0 saturated carbocycles. The lowest BCUT2D eigenvalue weighted by Gasteiger charge is -2.11. The lowest BCUT2D eigenvalue weighted by Crippen LogP contribution is -2.28. The zero-order valence-corrected chi connectivity index (χ0v) is 12.9. The maximum absolute atomic E-state index is 12.1.